The molecule has 122 valence electrons. The Balaban J connectivity index is 2.35. The highest BCUT2D eigenvalue weighted by molar-refractivity contribution is 6.39. The number of halogens is 4. The molecule has 0 saturated heterocycles. The highest BCUT2D eigenvalue weighted by atomic mass is 35.5. The SMILES string of the molecule is CCCOc1cc(F)c(N=Nc2c(Cl)ccc(C)c2Cl)c(F)c1. The lowest BCUT2D eigenvalue weighted by atomic mass is 10.2. The molecule has 7 heteroatoms. The van der Waals surface area contributed by atoms with Crippen LogP contribution in [0.5, 0.6) is 5.75 Å². The van der Waals surface area contributed by atoms with Gasteiger partial charge in [-0.2, -0.15) is 0 Å². The summed E-state index contributed by atoms with van der Waals surface area (Å²) in [6.45, 7) is 4.03. The molecule has 0 heterocycles. The second-order valence-electron chi connectivity index (χ2n) is 4.81. The Morgan fingerprint density at radius 3 is 2.26 bits per heavy atom. The minimum Gasteiger partial charge on any atom is -0.493 e. The van der Waals surface area contributed by atoms with E-state index in [1.807, 2.05) is 6.92 Å². The average Bonchev–Trinajstić information content (AvgIpc) is 2.51. The van der Waals surface area contributed by atoms with E-state index in [2.05, 4.69) is 10.2 Å². The van der Waals surface area contributed by atoms with Crippen molar-refractivity contribution in [2.75, 3.05) is 6.61 Å². The molecular formula is C16H14Cl2F2N2O. The Morgan fingerprint density at radius 1 is 1.04 bits per heavy atom. The van der Waals surface area contributed by atoms with Crippen LogP contribution >= 0.6 is 23.2 Å². The van der Waals surface area contributed by atoms with Gasteiger partial charge in [-0.1, -0.05) is 36.2 Å². The van der Waals surface area contributed by atoms with Crippen molar-refractivity contribution in [3.05, 3.63) is 51.5 Å². The third-order valence-electron chi connectivity index (χ3n) is 2.97. The molecule has 0 bridgehead atoms. The van der Waals surface area contributed by atoms with Gasteiger partial charge >= 0.3 is 0 Å². The second-order valence-corrected chi connectivity index (χ2v) is 5.60. The molecule has 0 aromatic heterocycles. The van der Waals surface area contributed by atoms with Crippen LogP contribution in [-0.4, -0.2) is 6.61 Å². The smallest absolute Gasteiger partial charge is 0.157 e. The van der Waals surface area contributed by atoms with E-state index in [1.165, 1.54) is 0 Å². The first-order valence-corrected chi connectivity index (χ1v) is 7.67. The Hall–Kier alpha value is -1.72. The lowest BCUT2D eigenvalue weighted by molar-refractivity contribution is 0.314. The first-order valence-electron chi connectivity index (χ1n) is 6.92. The molecule has 0 aliphatic rings. The van der Waals surface area contributed by atoms with Gasteiger partial charge in [0.2, 0.25) is 0 Å². The summed E-state index contributed by atoms with van der Waals surface area (Å²) in [5, 5.41) is 7.93. The molecule has 2 rings (SSSR count). The maximum Gasteiger partial charge on any atom is 0.157 e. The predicted octanol–water partition coefficient (Wildman–Crippen LogP) is 6.78. The number of aryl methyl sites for hydroxylation is 1. The third kappa shape index (κ3) is 4.18. The van der Waals surface area contributed by atoms with Gasteiger partial charge in [0.15, 0.2) is 17.3 Å². The molecule has 0 spiro atoms. The zero-order chi connectivity index (χ0) is 17.0. The van der Waals surface area contributed by atoms with E-state index in [4.69, 9.17) is 27.9 Å². The lowest BCUT2D eigenvalue weighted by Crippen LogP contribution is -1.96. The van der Waals surface area contributed by atoms with Crippen molar-refractivity contribution in [1.82, 2.24) is 0 Å². The normalized spacial score (nSPS) is 11.2. The summed E-state index contributed by atoms with van der Waals surface area (Å²) in [6, 6.07) is 5.43. The van der Waals surface area contributed by atoms with Gasteiger partial charge in [-0.15, -0.1) is 10.2 Å². The topological polar surface area (TPSA) is 34.0 Å². The molecule has 0 unspecified atom stereocenters. The minimum atomic E-state index is -0.875. The highest BCUT2D eigenvalue weighted by Gasteiger charge is 2.13. The number of hydrogen-bond donors (Lipinski definition) is 0. The zero-order valence-corrected chi connectivity index (χ0v) is 14.1. The number of azo groups is 1. The fourth-order valence-electron chi connectivity index (χ4n) is 1.77. The molecule has 3 nitrogen and oxygen atoms in total. The second kappa shape index (κ2) is 7.70. The maximum absolute atomic E-state index is 14.0. The van der Waals surface area contributed by atoms with Gasteiger partial charge in [0.05, 0.1) is 16.7 Å². The maximum atomic E-state index is 14.0. The van der Waals surface area contributed by atoms with Crippen LogP contribution in [0.4, 0.5) is 20.2 Å². The zero-order valence-electron chi connectivity index (χ0n) is 12.5. The molecule has 0 saturated carbocycles. The Labute approximate surface area is 142 Å². The van der Waals surface area contributed by atoms with E-state index >= 15 is 0 Å². The molecular weight excluding hydrogens is 345 g/mol. The van der Waals surface area contributed by atoms with Crippen molar-refractivity contribution >= 4 is 34.6 Å². The van der Waals surface area contributed by atoms with E-state index in [-0.39, 0.29) is 21.5 Å². The molecule has 2 aromatic rings. The molecule has 0 atom stereocenters. The monoisotopic (exact) mass is 358 g/mol. The molecule has 2 aromatic carbocycles. The van der Waals surface area contributed by atoms with Crippen LogP contribution in [0.3, 0.4) is 0 Å². The van der Waals surface area contributed by atoms with Gasteiger partial charge in [-0.25, -0.2) is 8.78 Å². The van der Waals surface area contributed by atoms with Gasteiger partial charge in [0, 0.05) is 12.1 Å². The minimum absolute atomic E-state index is 0.104. The van der Waals surface area contributed by atoms with Gasteiger partial charge in [0.1, 0.15) is 11.4 Å². The Kier molecular flexibility index (Phi) is 5.91. The summed E-state index contributed by atoms with van der Waals surface area (Å²) < 4.78 is 33.2. The first-order chi connectivity index (χ1) is 10.9. The number of rotatable bonds is 5. The van der Waals surface area contributed by atoms with Crippen molar-refractivity contribution in [1.29, 1.82) is 0 Å². The standard InChI is InChI=1S/C16H14Cl2F2N2O/c1-3-6-23-10-7-12(19)16(13(20)8-10)22-21-15-11(17)5-4-9(2)14(15)18/h4-5,7-8H,3,6H2,1-2H3. The Bertz CT molecular complexity index is 728. The van der Waals surface area contributed by atoms with Crippen LogP contribution in [0, 0.1) is 18.6 Å². The van der Waals surface area contributed by atoms with Crippen molar-refractivity contribution in [2.24, 2.45) is 10.2 Å². The van der Waals surface area contributed by atoms with Gasteiger partial charge < -0.3 is 4.74 Å². The van der Waals surface area contributed by atoms with Crippen molar-refractivity contribution in [2.45, 2.75) is 20.3 Å². The van der Waals surface area contributed by atoms with Crippen LogP contribution < -0.4 is 4.74 Å². The van der Waals surface area contributed by atoms with E-state index in [0.29, 0.717) is 6.61 Å². The molecule has 23 heavy (non-hydrogen) atoms. The number of hydrogen-bond acceptors (Lipinski definition) is 3. The fourth-order valence-corrected chi connectivity index (χ4v) is 2.22. The van der Waals surface area contributed by atoms with E-state index in [1.54, 1.807) is 19.1 Å². The molecule has 0 radical (unpaired) electrons. The number of nitrogens with zero attached hydrogens (tertiary/aromatic N) is 2. The number of ether oxygens (including phenoxy) is 1. The van der Waals surface area contributed by atoms with E-state index in [0.717, 1.165) is 24.1 Å². The summed E-state index contributed by atoms with van der Waals surface area (Å²) in [5.74, 6) is -1.65. The van der Waals surface area contributed by atoms with Gasteiger partial charge in [0.25, 0.3) is 0 Å². The van der Waals surface area contributed by atoms with Crippen LogP contribution in [-0.2, 0) is 0 Å². The van der Waals surface area contributed by atoms with E-state index < -0.39 is 17.3 Å². The summed E-state index contributed by atoms with van der Waals surface area (Å²) in [7, 11) is 0. The average molecular weight is 359 g/mol. The molecule has 0 aliphatic heterocycles. The summed E-state index contributed by atoms with van der Waals surface area (Å²) in [4.78, 5) is 0. The molecule has 0 aliphatic carbocycles. The summed E-state index contributed by atoms with van der Waals surface area (Å²) in [5.41, 5.74) is 0.371. The molecule has 0 fully saturated rings. The molecule has 0 amide bonds. The largest absolute Gasteiger partial charge is 0.493 e. The predicted molar refractivity (Wildman–Crippen MR) is 87.5 cm³/mol. The number of benzene rings is 2. The highest BCUT2D eigenvalue weighted by Crippen LogP contribution is 2.37. The summed E-state index contributed by atoms with van der Waals surface area (Å²) in [6.07, 6.45) is 0.731. The van der Waals surface area contributed by atoms with Crippen molar-refractivity contribution in [3.8, 4) is 5.75 Å². The van der Waals surface area contributed by atoms with Gasteiger partial charge in [-0.05, 0) is 25.0 Å². The molecule has 0 N–H and O–H groups in total. The lowest BCUT2D eigenvalue weighted by Gasteiger charge is -2.07. The van der Waals surface area contributed by atoms with Crippen molar-refractivity contribution < 1.29 is 13.5 Å². The van der Waals surface area contributed by atoms with Gasteiger partial charge in [-0.3, -0.25) is 0 Å². The quantitative estimate of drug-likeness (QED) is 0.542. The summed E-state index contributed by atoms with van der Waals surface area (Å²) >= 11 is 12.1. The fraction of sp³-hybridized carbons (Fsp3) is 0.250. The van der Waals surface area contributed by atoms with Crippen LogP contribution in [0.2, 0.25) is 10.0 Å². The Morgan fingerprint density at radius 2 is 1.65 bits per heavy atom. The van der Waals surface area contributed by atoms with Crippen molar-refractivity contribution in [3.63, 3.8) is 0 Å². The van der Waals surface area contributed by atoms with Crippen LogP contribution in [0.15, 0.2) is 34.5 Å². The van der Waals surface area contributed by atoms with E-state index in [9.17, 15) is 8.78 Å². The third-order valence-corrected chi connectivity index (χ3v) is 3.76. The van der Waals surface area contributed by atoms with Crippen LogP contribution in [0.1, 0.15) is 18.9 Å². The first kappa shape index (κ1) is 17.6. The van der Waals surface area contributed by atoms with Crippen LogP contribution in [0.25, 0.3) is 0 Å².